The maximum Gasteiger partial charge on any atom is 0.303 e. The van der Waals surface area contributed by atoms with Crippen LogP contribution >= 0.6 is 0 Å². The number of carbonyl (C=O) groups is 8. The molecule has 0 fully saturated rings. The van der Waals surface area contributed by atoms with E-state index in [1.165, 1.54) is 36.3 Å². The summed E-state index contributed by atoms with van der Waals surface area (Å²) in [7, 11) is 0. The van der Waals surface area contributed by atoms with Crippen LogP contribution in [0.2, 0.25) is 0 Å². The van der Waals surface area contributed by atoms with E-state index in [4.69, 9.17) is 16.6 Å². The Morgan fingerprint density at radius 2 is 0.720 bits per heavy atom. The van der Waals surface area contributed by atoms with Crippen LogP contribution in [0.25, 0.3) is 0 Å². The third-order valence-corrected chi connectivity index (χ3v) is 13.7. The van der Waals surface area contributed by atoms with Crippen molar-refractivity contribution in [3.8, 4) is 0 Å². The average molecular weight is 1030 g/mol. The fourth-order valence-electron chi connectivity index (χ4n) is 9.00. The van der Waals surface area contributed by atoms with Crippen molar-refractivity contribution in [2.45, 2.75) is 110 Å². The van der Waals surface area contributed by atoms with Gasteiger partial charge in [-0.05, 0) is 82.2 Å². The predicted molar refractivity (Wildman–Crippen MR) is 288 cm³/mol. The van der Waals surface area contributed by atoms with E-state index in [1.807, 2.05) is 121 Å². The molecule has 5 N–H and O–H groups in total. The lowest BCUT2D eigenvalue weighted by Crippen LogP contribution is -2.52. The summed E-state index contributed by atoms with van der Waals surface area (Å²) in [5.41, 5.74) is 14.4. The largest absolute Gasteiger partial charge is 0.481 e. The van der Waals surface area contributed by atoms with Gasteiger partial charge in [-0.2, -0.15) is 0 Å². The number of nitrogens with two attached hydrogens (primary N) is 2. The number of carboxylic acids is 1. The molecule has 0 spiro atoms. The van der Waals surface area contributed by atoms with Crippen molar-refractivity contribution in [1.82, 2.24) is 29.4 Å². The lowest BCUT2D eigenvalue weighted by molar-refractivity contribution is -0.150. The molecule has 17 heteroatoms. The summed E-state index contributed by atoms with van der Waals surface area (Å²) >= 11 is 0. The van der Waals surface area contributed by atoms with Gasteiger partial charge in [0.1, 0.15) is 19.6 Å². The maximum absolute atomic E-state index is 15.1. The number of carbonyl (C=O) groups excluding carboxylic acids is 7. The minimum absolute atomic E-state index is 0.00677. The van der Waals surface area contributed by atoms with E-state index in [0.717, 1.165) is 29.5 Å². The highest BCUT2D eigenvalue weighted by Gasteiger charge is 2.35. The van der Waals surface area contributed by atoms with E-state index in [2.05, 4.69) is 0 Å². The number of amides is 7. The molecule has 7 amide bonds. The number of hydrogen-bond donors (Lipinski definition) is 3. The van der Waals surface area contributed by atoms with Crippen LogP contribution in [0.1, 0.15) is 132 Å². The van der Waals surface area contributed by atoms with Crippen molar-refractivity contribution >= 4 is 47.3 Å². The minimum Gasteiger partial charge on any atom is -0.481 e. The number of carboxylic acid groups (broad SMARTS) is 1. The standard InChI is InChI=1S/C58H78N8O9/c1-43(48-25-13-8-14-26-48)63(37-52(60)68)56(72)41-66(46(4)51-31-19-11-20-32-51)55(71)39-62(36-23-7-6-22-34-59)53(69)40-64(44(2)49-27-15-9-16-28-49)57(73)42-65(45(3)50-29-17-10-18-30-50)54(70)38-61(47(5)67)35-24-12-21-33-58(74)75/h8-11,13-20,25-32,43-46H,6-7,12,21-24,33-42,59H2,1-5H3,(H2,60,68)(H,74,75)/t43-,44-,45-,46-/m0/s1. The van der Waals surface area contributed by atoms with Crippen molar-refractivity contribution in [2.24, 2.45) is 11.5 Å². The maximum atomic E-state index is 15.1. The number of benzene rings is 4. The number of rotatable bonds is 32. The topological polar surface area (TPSA) is 228 Å². The second kappa shape index (κ2) is 31.4. The molecule has 75 heavy (non-hydrogen) atoms. The first-order valence-corrected chi connectivity index (χ1v) is 26.0. The molecule has 0 saturated heterocycles. The number of unbranched alkanes of at least 4 members (excludes halogenated alkanes) is 5. The van der Waals surface area contributed by atoms with Gasteiger partial charge < -0.3 is 46.0 Å². The Morgan fingerprint density at radius 3 is 1.07 bits per heavy atom. The highest BCUT2D eigenvalue weighted by molar-refractivity contribution is 5.93. The second-order valence-corrected chi connectivity index (χ2v) is 19.1. The van der Waals surface area contributed by atoms with Crippen molar-refractivity contribution in [3.63, 3.8) is 0 Å². The van der Waals surface area contributed by atoms with E-state index in [9.17, 15) is 28.8 Å². The van der Waals surface area contributed by atoms with Crippen LogP contribution in [0, 0.1) is 0 Å². The monoisotopic (exact) mass is 1030 g/mol. The van der Waals surface area contributed by atoms with E-state index < -0.39 is 98.3 Å². The van der Waals surface area contributed by atoms with E-state index in [1.54, 1.807) is 27.7 Å². The third kappa shape index (κ3) is 19.4. The summed E-state index contributed by atoms with van der Waals surface area (Å²) in [4.78, 5) is 119. The van der Waals surface area contributed by atoms with E-state index in [0.29, 0.717) is 44.2 Å². The van der Waals surface area contributed by atoms with Gasteiger partial charge in [0.2, 0.25) is 41.4 Å². The molecule has 0 saturated carbocycles. The Balaban J connectivity index is 1.72. The van der Waals surface area contributed by atoms with Crippen LogP contribution in [0.5, 0.6) is 0 Å². The van der Waals surface area contributed by atoms with Gasteiger partial charge in [-0.3, -0.25) is 38.4 Å². The average Bonchev–Trinajstić information content (AvgIpc) is 3.41. The molecule has 0 aliphatic heterocycles. The van der Waals surface area contributed by atoms with Crippen LogP contribution in [0.4, 0.5) is 0 Å². The van der Waals surface area contributed by atoms with Gasteiger partial charge in [-0.15, -0.1) is 0 Å². The van der Waals surface area contributed by atoms with Gasteiger partial charge >= 0.3 is 5.97 Å². The Kier molecular flexibility index (Phi) is 25.2. The van der Waals surface area contributed by atoms with Crippen LogP contribution in [-0.4, -0.2) is 141 Å². The summed E-state index contributed by atoms with van der Waals surface area (Å²) in [5, 5.41) is 9.09. The van der Waals surface area contributed by atoms with Gasteiger partial charge in [0.05, 0.1) is 43.8 Å². The third-order valence-electron chi connectivity index (χ3n) is 13.7. The first-order chi connectivity index (χ1) is 35.9. The molecule has 0 unspecified atom stereocenters. The quantitative estimate of drug-likeness (QED) is 0.0440. The highest BCUT2D eigenvalue weighted by atomic mass is 16.4. The molecule has 0 aromatic heterocycles. The van der Waals surface area contributed by atoms with Crippen LogP contribution in [-0.2, 0) is 38.4 Å². The second-order valence-electron chi connectivity index (χ2n) is 19.1. The molecule has 0 heterocycles. The smallest absolute Gasteiger partial charge is 0.303 e. The fraction of sp³-hybridized carbons (Fsp3) is 0.448. The zero-order valence-corrected chi connectivity index (χ0v) is 44.4. The van der Waals surface area contributed by atoms with Gasteiger partial charge in [-0.25, -0.2) is 0 Å². The lowest BCUT2D eigenvalue weighted by Gasteiger charge is -2.37. The summed E-state index contributed by atoms with van der Waals surface area (Å²) in [6.45, 7) is 6.81. The molecule has 4 aromatic rings. The van der Waals surface area contributed by atoms with E-state index >= 15 is 9.59 Å². The van der Waals surface area contributed by atoms with E-state index in [-0.39, 0.29) is 32.0 Å². The molecular formula is C58H78N8O9. The number of primary amides is 1. The number of nitrogens with zero attached hydrogens (tertiary/aromatic N) is 6. The van der Waals surface area contributed by atoms with Crippen LogP contribution in [0.15, 0.2) is 121 Å². The number of hydrogen-bond acceptors (Lipinski definition) is 9. The highest BCUT2D eigenvalue weighted by Crippen LogP contribution is 2.27. The predicted octanol–water partition coefficient (Wildman–Crippen LogP) is 6.67. The molecule has 0 aliphatic carbocycles. The lowest BCUT2D eigenvalue weighted by atomic mass is 10.0. The normalized spacial score (nSPS) is 12.6. The molecular weight excluding hydrogens is 953 g/mol. The van der Waals surface area contributed by atoms with Gasteiger partial charge in [-0.1, -0.05) is 141 Å². The molecule has 4 aromatic carbocycles. The molecule has 0 aliphatic rings. The Morgan fingerprint density at radius 1 is 0.413 bits per heavy atom. The number of aliphatic carboxylic acids is 1. The summed E-state index contributed by atoms with van der Waals surface area (Å²) in [6, 6.07) is 34.1. The molecule has 4 atom stereocenters. The van der Waals surface area contributed by atoms with Crippen molar-refractivity contribution < 1.29 is 43.5 Å². The zero-order valence-electron chi connectivity index (χ0n) is 44.4. The molecule has 0 radical (unpaired) electrons. The Labute approximate surface area is 442 Å². The summed E-state index contributed by atoms with van der Waals surface area (Å²) in [6.07, 6.45) is 4.20. The zero-order chi connectivity index (χ0) is 54.9. The first kappa shape index (κ1) is 60.2. The van der Waals surface area contributed by atoms with Crippen molar-refractivity contribution in [3.05, 3.63) is 144 Å². The van der Waals surface area contributed by atoms with Crippen molar-refractivity contribution in [1.29, 1.82) is 0 Å². The van der Waals surface area contributed by atoms with Gasteiger partial charge in [0.15, 0.2) is 0 Å². The van der Waals surface area contributed by atoms with Crippen molar-refractivity contribution in [2.75, 3.05) is 58.9 Å². The molecule has 4 rings (SSSR count). The fourth-order valence-corrected chi connectivity index (χ4v) is 9.00. The molecule has 0 bridgehead atoms. The minimum atomic E-state index is -0.912. The summed E-state index contributed by atoms with van der Waals surface area (Å²) in [5.74, 6) is -4.65. The first-order valence-electron chi connectivity index (χ1n) is 26.0. The summed E-state index contributed by atoms with van der Waals surface area (Å²) < 4.78 is 0. The SMILES string of the molecule is CC(=O)N(CCCCCC(=O)O)CC(=O)N(CC(=O)N(CC(=O)N(CCCCCCN)CC(=O)N(CC(=O)N(CC(N)=O)[C@@H](C)c1ccccc1)[C@@H](C)c1ccccc1)[C@@H](C)c1ccccc1)[C@@H](C)c1ccccc1. The molecule has 17 nitrogen and oxygen atoms in total. The van der Waals surface area contributed by atoms with Crippen LogP contribution in [0.3, 0.4) is 0 Å². The van der Waals surface area contributed by atoms with Crippen LogP contribution < -0.4 is 11.5 Å². The Hall–Kier alpha value is -7.40. The molecule has 404 valence electrons. The van der Waals surface area contributed by atoms with Gasteiger partial charge in [0.25, 0.3) is 0 Å². The van der Waals surface area contributed by atoms with Gasteiger partial charge in [0, 0.05) is 26.4 Å². The Bertz CT molecular complexity index is 2450.